The summed E-state index contributed by atoms with van der Waals surface area (Å²) < 4.78 is 46.6. The maximum absolute atomic E-state index is 13.2. The first kappa shape index (κ1) is 47.6. The lowest BCUT2D eigenvalue weighted by atomic mass is 9.96. The van der Waals surface area contributed by atoms with Crippen molar-refractivity contribution in [3.05, 3.63) is 25.3 Å². The van der Waals surface area contributed by atoms with Crippen molar-refractivity contribution in [2.24, 2.45) is 0 Å². The third-order valence-corrected chi connectivity index (χ3v) is 10.2. The molecular weight excluding hydrogens is 677 g/mol. The van der Waals surface area contributed by atoms with Gasteiger partial charge in [0.2, 0.25) is 5.91 Å². The van der Waals surface area contributed by atoms with E-state index in [2.05, 4.69) is 32.3 Å². The second-order valence-corrected chi connectivity index (χ2v) is 14.9. The van der Waals surface area contributed by atoms with Gasteiger partial charge in [0.05, 0.1) is 39.5 Å². The zero-order valence-corrected chi connectivity index (χ0v) is 32.5. The largest absolute Gasteiger partial charge is 0.475 e. The van der Waals surface area contributed by atoms with Crippen molar-refractivity contribution in [3.8, 4) is 0 Å². The lowest BCUT2D eigenvalue weighted by Gasteiger charge is -2.44. The van der Waals surface area contributed by atoms with Gasteiger partial charge >= 0.3 is 7.82 Å². The van der Waals surface area contributed by atoms with E-state index in [0.29, 0.717) is 13.0 Å². The molecule has 0 spiro atoms. The number of amides is 1. The number of carbonyl (C=O) groups is 2. The second kappa shape index (κ2) is 30.9. The van der Waals surface area contributed by atoms with Crippen LogP contribution in [0, 0.1) is 0 Å². The minimum atomic E-state index is -3.95. The van der Waals surface area contributed by atoms with E-state index in [-0.39, 0.29) is 38.6 Å². The van der Waals surface area contributed by atoms with E-state index in [1.165, 1.54) is 69.9 Å². The molecule has 0 aromatic heterocycles. The van der Waals surface area contributed by atoms with Gasteiger partial charge in [0.1, 0.15) is 30.1 Å². The predicted octanol–water partition coefficient (Wildman–Crippen LogP) is 7.50. The zero-order chi connectivity index (χ0) is 37.6. The van der Waals surface area contributed by atoms with Crippen LogP contribution in [0.2, 0.25) is 0 Å². The molecule has 298 valence electrons. The van der Waals surface area contributed by atoms with Gasteiger partial charge in [-0.2, -0.15) is 0 Å². The summed E-state index contributed by atoms with van der Waals surface area (Å²) in [6.45, 7) is 10.7. The Balaban J connectivity index is 2.84. The summed E-state index contributed by atoms with van der Waals surface area (Å²) in [7, 11) is -3.95. The van der Waals surface area contributed by atoms with Gasteiger partial charge < -0.3 is 29.7 Å². The Bertz CT molecular complexity index is 952. The van der Waals surface area contributed by atoms with Gasteiger partial charge in [-0.15, -0.1) is 13.2 Å². The monoisotopic (exact) mass is 747 g/mol. The molecule has 13 heteroatoms. The van der Waals surface area contributed by atoms with Crippen LogP contribution >= 0.6 is 7.82 Å². The Hall–Kier alpha value is -1.47. The lowest BCUT2D eigenvalue weighted by Crippen LogP contribution is -2.65. The van der Waals surface area contributed by atoms with E-state index >= 15 is 0 Å². The van der Waals surface area contributed by atoms with Gasteiger partial charge in [0.15, 0.2) is 6.29 Å². The van der Waals surface area contributed by atoms with Crippen molar-refractivity contribution in [3.63, 3.8) is 0 Å². The highest BCUT2D eigenvalue weighted by Crippen LogP contribution is 2.49. The summed E-state index contributed by atoms with van der Waals surface area (Å²) in [5.74, 6) is -0.706. The summed E-state index contributed by atoms with van der Waals surface area (Å²) in [5, 5.41) is 23.9. The van der Waals surface area contributed by atoms with Crippen LogP contribution in [0.4, 0.5) is 0 Å². The molecule has 1 heterocycles. The Morgan fingerprint density at radius 2 is 1.27 bits per heavy atom. The Kier molecular flexibility index (Phi) is 28.8. The fourth-order valence-corrected chi connectivity index (χ4v) is 6.97. The molecule has 1 fully saturated rings. The van der Waals surface area contributed by atoms with Crippen LogP contribution in [0.15, 0.2) is 25.3 Å². The Morgan fingerprint density at radius 3 is 1.80 bits per heavy atom. The number of ether oxygens (including phenoxy) is 3. The summed E-state index contributed by atoms with van der Waals surface area (Å²) >= 11 is 0. The Morgan fingerprint density at radius 1 is 0.745 bits per heavy atom. The van der Waals surface area contributed by atoms with E-state index < -0.39 is 51.0 Å². The molecule has 0 saturated carbocycles. The van der Waals surface area contributed by atoms with Gasteiger partial charge in [0, 0.05) is 13.0 Å². The average molecular weight is 748 g/mol. The molecular formula is C38H70NO11P. The fourth-order valence-electron chi connectivity index (χ4n) is 5.87. The smallest absolute Gasteiger partial charge is 0.394 e. The molecule has 1 rings (SSSR count). The van der Waals surface area contributed by atoms with Crippen LogP contribution in [0.1, 0.15) is 136 Å². The van der Waals surface area contributed by atoms with Crippen molar-refractivity contribution in [1.29, 1.82) is 0 Å². The van der Waals surface area contributed by atoms with Crippen LogP contribution < -0.4 is 5.32 Å². The highest BCUT2D eigenvalue weighted by molar-refractivity contribution is 7.48. The maximum atomic E-state index is 13.2. The molecule has 0 unspecified atom stereocenters. The first-order chi connectivity index (χ1) is 24.7. The predicted molar refractivity (Wildman–Crippen MR) is 199 cm³/mol. The molecule has 0 aliphatic carbocycles. The number of hydrogen-bond acceptors (Lipinski definition) is 11. The van der Waals surface area contributed by atoms with Gasteiger partial charge in [-0.3, -0.25) is 23.2 Å². The van der Waals surface area contributed by atoms with E-state index in [1.54, 1.807) is 0 Å². The SMILES string of the molecule is C=CCOP(=O)(OCC=C)OCCO[C@@H]1O[C@H](CO)[C@@H](O)[C@H](OCCCCCCCCCC)[C@H]1NC(=O)CC(=O)CCCCCCCCCCC. The van der Waals surface area contributed by atoms with E-state index in [1.807, 2.05) is 0 Å². The number of nitrogens with one attached hydrogen (secondary N) is 1. The van der Waals surface area contributed by atoms with Gasteiger partial charge in [-0.1, -0.05) is 122 Å². The second-order valence-electron chi connectivity index (χ2n) is 13.2. The van der Waals surface area contributed by atoms with Crippen LogP contribution in [0.3, 0.4) is 0 Å². The molecule has 1 aliphatic rings. The molecule has 1 amide bonds. The number of ketones is 1. The molecule has 0 aromatic carbocycles. The quantitative estimate of drug-likeness (QED) is 0.0255. The molecule has 3 N–H and O–H groups in total. The van der Waals surface area contributed by atoms with E-state index in [9.17, 15) is 24.4 Å². The summed E-state index contributed by atoms with van der Waals surface area (Å²) in [4.78, 5) is 25.9. The highest BCUT2D eigenvalue weighted by Gasteiger charge is 2.47. The van der Waals surface area contributed by atoms with Gasteiger partial charge in [0.25, 0.3) is 0 Å². The van der Waals surface area contributed by atoms with Crippen molar-refractivity contribution < 1.29 is 52.1 Å². The van der Waals surface area contributed by atoms with Crippen molar-refractivity contribution in [1.82, 2.24) is 5.32 Å². The van der Waals surface area contributed by atoms with Crippen LogP contribution in [-0.2, 0) is 41.9 Å². The summed E-state index contributed by atoms with van der Waals surface area (Å²) in [5.41, 5.74) is 0. The van der Waals surface area contributed by atoms with Gasteiger partial charge in [-0.05, 0) is 12.8 Å². The normalized spacial score (nSPS) is 20.7. The fraction of sp³-hybridized carbons (Fsp3) is 0.842. The number of phosphoric ester groups is 1. The summed E-state index contributed by atoms with van der Waals surface area (Å²) in [6.07, 6.45) is 17.3. The number of phosphoric acid groups is 1. The van der Waals surface area contributed by atoms with Gasteiger partial charge in [-0.25, -0.2) is 4.57 Å². The minimum absolute atomic E-state index is 0.0685. The van der Waals surface area contributed by atoms with Crippen molar-refractivity contribution in [2.45, 2.75) is 166 Å². The third kappa shape index (κ3) is 22.4. The highest BCUT2D eigenvalue weighted by atomic mass is 31.2. The number of hydrogen-bond donors (Lipinski definition) is 3. The maximum Gasteiger partial charge on any atom is 0.475 e. The number of aliphatic hydroxyl groups is 2. The lowest BCUT2D eigenvalue weighted by molar-refractivity contribution is -0.278. The number of unbranched alkanes of at least 4 members (excludes halogenated alkanes) is 15. The molecule has 0 bridgehead atoms. The van der Waals surface area contributed by atoms with Crippen LogP contribution in [0.5, 0.6) is 0 Å². The van der Waals surface area contributed by atoms with Crippen molar-refractivity contribution in [2.75, 3.05) is 39.6 Å². The first-order valence-corrected chi connectivity index (χ1v) is 20.9. The molecule has 0 radical (unpaired) electrons. The molecule has 1 aliphatic heterocycles. The standard InChI is InChI=1S/C38H70NO11P/c1-5-9-11-13-15-17-18-20-22-24-32(41)30-34(42)39-35-37(45-27-23-21-19-16-14-12-10-6-2)36(43)33(31-40)50-38(35)46-28-29-49-51(44,47-25-7-3)48-26-8-4/h7-8,33,35-38,40,43H,3-6,9-31H2,1-2H3,(H,39,42)/t33-,35-,36-,37-,38-/m1/s1. The van der Waals surface area contributed by atoms with Crippen LogP contribution in [-0.4, -0.2) is 92.2 Å². The third-order valence-electron chi connectivity index (χ3n) is 8.72. The molecule has 5 atom stereocenters. The molecule has 51 heavy (non-hydrogen) atoms. The number of aliphatic hydroxyl groups excluding tert-OH is 2. The van der Waals surface area contributed by atoms with E-state index in [4.69, 9.17) is 27.8 Å². The molecule has 1 saturated heterocycles. The van der Waals surface area contributed by atoms with Crippen molar-refractivity contribution >= 4 is 19.5 Å². The topological polar surface area (TPSA) is 159 Å². The Labute approximate surface area is 308 Å². The number of rotatable bonds is 35. The first-order valence-electron chi connectivity index (χ1n) is 19.5. The minimum Gasteiger partial charge on any atom is -0.394 e. The van der Waals surface area contributed by atoms with E-state index in [0.717, 1.165) is 51.4 Å². The zero-order valence-electron chi connectivity index (χ0n) is 31.6. The average Bonchev–Trinajstić information content (AvgIpc) is 3.12. The molecule has 0 aromatic rings. The molecule has 12 nitrogen and oxygen atoms in total. The number of carbonyl (C=O) groups excluding carboxylic acids is 2. The number of Topliss-reactive ketones (excluding diaryl/α,β-unsaturated/α-hetero) is 1. The summed E-state index contributed by atoms with van der Waals surface area (Å²) in [6, 6.07) is -1.01. The van der Waals surface area contributed by atoms with Crippen LogP contribution in [0.25, 0.3) is 0 Å².